The summed E-state index contributed by atoms with van der Waals surface area (Å²) in [5.41, 5.74) is 1.87. The summed E-state index contributed by atoms with van der Waals surface area (Å²) in [6.45, 7) is 1.76. The van der Waals surface area contributed by atoms with E-state index in [1.807, 2.05) is 0 Å². The van der Waals surface area contributed by atoms with Crippen LogP contribution in [0.5, 0.6) is 5.75 Å². The van der Waals surface area contributed by atoms with Crippen molar-refractivity contribution in [3.05, 3.63) is 63.8 Å². The van der Waals surface area contributed by atoms with Crippen molar-refractivity contribution in [2.24, 2.45) is 0 Å². The summed E-state index contributed by atoms with van der Waals surface area (Å²) in [5, 5.41) is 22.0. The number of rotatable bonds is 3. The van der Waals surface area contributed by atoms with Gasteiger partial charge < -0.3 is 9.84 Å². The fraction of sp³-hybridized carbons (Fsp3) is 0.111. The van der Waals surface area contributed by atoms with Crippen molar-refractivity contribution < 1.29 is 19.6 Å². The summed E-state index contributed by atoms with van der Waals surface area (Å²) in [5.74, 6) is -0.992. The molecule has 1 N–H and O–H groups in total. The Bertz CT molecular complexity index is 1010. The van der Waals surface area contributed by atoms with Gasteiger partial charge in [0.05, 0.1) is 12.0 Å². The molecule has 3 aromatic rings. The molecule has 7 heteroatoms. The number of pyridine rings is 1. The Morgan fingerprint density at radius 2 is 2.00 bits per heavy atom. The van der Waals surface area contributed by atoms with E-state index >= 15 is 0 Å². The van der Waals surface area contributed by atoms with Gasteiger partial charge in [0.25, 0.3) is 5.69 Å². The summed E-state index contributed by atoms with van der Waals surface area (Å²) in [6.07, 6.45) is 0. The number of phenolic OH excluding ortho intramolecular Hbond substituents is 1. The number of non-ortho nitro benzene ring substituents is 1. The van der Waals surface area contributed by atoms with Crippen LogP contribution >= 0.6 is 0 Å². The van der Waals surface area contributed by atoms with Crippen molar-refractivity contribution in [3.63, 3.8) is 0 Å². The molecular formula is C18H14N2O5. The number of hydrogen-bond donors (Lipinski definition) is 1. The number of hydrogen-bond acceptors (Lipinski definition) is 6. The Hall–Kier alpha value is -3.48. The number of aromatic hydroxyl groups is 1. The van der Waals surface area contributed by atoms with Crippen LogP contribution in [-0.4, -0.2) is 28.1 Å². The Labute approximate surface area is 142 Å². The van der Waals surface area contributed by atoms with Gasteiger partial charge in [-0.2, -0.15) is 0 Å². The minimum Gasteiger partial charge on any atom is -0.505 e. The molecule has 0 fully saturated rings. The first-order chi connectivity index (χ1) is 11.9. The molecule has 0 radical (unpaired) electrons. The number of esters is 1. The van der Waals surface area contributed by atoms with Gasteiger partial charge in [-0.05, 0) is 30.2 Å². The smallest absolute Gasteiger partial charge is 0.341 e. The van der Waals surface area contributed by atoms with Crippen LogP contribution in [0.4, 0.5) is 5.69 Å². The lowest BCUT2D eigenvalue weighted by molar-refractivity contribution is -0.384. The first kappa shape index (κ1) is 16.4. The molecule has 0 atom stereocenters. The molecule has 3 rings (SSSR count). The number of nitrogens with zero attached hydrogens (tertiary/aromatic N) is 2. The van der Waals surface area contributed by atoms with Crippen molar-refractivity contribution in [1.82, 2.24) is 4.98 Å². The standard InChI is InChI=1S/C18H14N2O5/c1-10-6-7-13-14(11-4-3-5-12(8-11)20(23)24)9-15(18(22)25-2)17(21)16(13)19-10/h3-9,21H,1-2H3. The zero-order chi connectivity index (χ0) is 18.1. The van der Waals surface area contributed by atoms with Crippen LogP contribution in [0.2, 0.25) is 0 Å². The van der Waals surface area contributed by atoms with Gasteiger partial charge in [-0.3, -0.25) is 10.1 Å². The fourth-order valence-corrected chi connectivity index (χ4v) is 2.66. The summed E-state index contributed by atoms with van der Waals surface area (Å²) < 4.78 is 4.71. The van der Waals surface area contributed by atoms with Gasteiger partial charge >= 0.3 is 5.97 Å². The van der Waals surface area contributed by atoms with E-state index in [9.17, 15) is 20.0 Å². The molecule has 25 heavy (non-hydrogen) atoms. The van der Waals surface area contributed by atoms with Crippen LogP contribution < -0.4 is 0 Å². The van der Waals surface area contributed by atoms with E-state index in [-0.39, 0.29) is 22.5 Å². The molecule has 0 aliphatic carbocycles. The third kappa shape index (κ3) is 2.87. The normalized spacial score (nSPS) is 10.6. The van der Waals surface area contributed by atoms with Crippen molar-refractivity contribution in [2.75, 3.05) is 7.11 Å². The number of carbonyl (C=O) groups is 1. The first-order valence-electron chi connectivity index (χ1n) is 7.39. The van der Waals surface area contributed by atoms with Crippen LogP contribution in [-0.2, 0) is 4.74 Å². The van der Waals surface area contributed by atoms with Gasteiger partial charge in [-0.15, -0.1) is 0 Å². The molecule has 0 spiro atoms. The lowest BCUT2D eigenvalue weighted by atomic mass is 9.96. The number of nitro benzene ring substituents is 1. The molecule has 1 heterocycles. The van der Waals surface area contributed by atoms with Crippen molar-refractivity contribution in [1.29, 1.82) is 0 Å². The highest BCUT2D eigenvalue weighted by atomic mass is 16.6. The lowest BCUT2D eigenvalue weighted by Crippen LogP contribution is -2.03. The van der Waals surface area contributed by atoms with Crippen LogP contribution in [0, 0.1) is 17.0 Å². The van der Waals surface area contributed by atoms with E-state index in [2.05, 4.69) is 4.98 Å². The molecule has 0 bridgehead atoms. The lowest BCUT2D eigenvalue weighted by Gasteiger charge is -2.12. The average Bonchev–Trinajstić information content (AvgIpc) is 2.62. The van der Waals surface area contributed by atoms with Crippen molar-refractivity contribution >= 4 is 22.6 Å². The predicted octanol–water partition coefficient (Wildman–Crippen LogP) is 3.61. The highest BCUT2D eigenvalue weighted by Gasteiger charge is 2.20. The minimum atomic E-state index is -0.714. The second-order valence-electron chi connectivity index (χ2n) is 5.47. The Balaban J connectivity index is 2.37. The van der Waals surface area contributed by atoms with Crippen LogP contribution in [0.3, 0.4) is 0 Å². The maximum atomic E-state index is 12.0. The maximum absolute atomic E-state index is 12.0. The van der Waals surface area contributed by atoms with Gasteiger partial charge in [-0.25, -0.2) is 9.78 Å². The number of ether oxygens (including phenoxy) is 1. The van der Waals surface area contributed by atoms with E-state index in [4.69, 9.17) is 4.74 Å². The van der Waals surface area contributed by atoms with Crippen molar-refractivity contribution in [2.45, 2.75) is 6.92 Å². The number of methoxy groups -OCH3 is 1. The topological polar surface area (TPSA) is 103 Å². The summed E-state index contributed by atoms with van der Waals surface area (Å²) in [6, 6.07) is 11.0. The Kier molecular flexibility index (Phi) is 4.06. The van der Waals surface area contributed by atoms with E-state index in [0.717, 1.165) is 0 Å². The number of phenols is 1. The van der Waals surface area contributed by atoms with Crippen molar-refractivity contribution in [3.8, 4) is 16.9 Å². The zero-order valence-corrected chi connectivity index (χ0v) is 13.5. The van der Waals surface area contributed by atoms with Crippen LogP contribution in [0.1, 0.15) is 16.1 Å². The minimum absolute atomic E-state index is 0.0467. The number of aryl methyl sites for hydroxylation is 1. The first-order valence-corrected chi connectivity index (χ1v) is 7.39. The van der Waals surface area contributed by atoms with Gasteiger partial charge in [0.1, 0.15) is 11.1 Å². The second-order valence-corrected chi connectivity index (χ2v) is 5.47. The molecule has 0 amide bonds. The van der Waals surface area contributed by atoms with Crippen LogP contribution in [0.25, 0.3) is 22.0 Å². The van der Waals surface area contributed by atoms with E-state index in [1.54, 1.807) is 31.2 Å². The SMILES string of the molecule is COC(=O)c1cc(-c2cccc([N+](=O)[O-])c2)c2ccc(C)nc2c1O. The van der Waals surface area contributed by atoms with Crippen LogP contribution in [0.15, 0.2) is 42.5 Å². The Morgan fingerprint density at radius 1 is 1.24 bits per heavy atom. The number of nitro groups is 1. The number of benzene rings is 2. The summed E-state index contributed by atoms with van der Waals surface area (Å²) in [7, 11) is 1.21. The number of fused-ring (bicyclic) bond motifs is 1. The zero-order valence-electron chi connectivity index (χ0n) is 13.5. The quantitative estimate of drug-likeness (QED) is 0.444. The van der Waals surface area contributed by atoms with Gasteiger partial charge in [0, 0.05) is 23.2 Å². The van der Waals surface area contributed by atoms with E-state index in [0.29, 0.717) is 22.2 Å². The highest BCUT2D eigenvalue weighted by molar-refractivity contribution is 6.06. The fourth-order valence-electron chi connectivity index (χ4n) is 2.66. The van der Waals surface area contributed by atoms with Gasteiger partial charge in [0.2, 0.25) is 0 Å². The molecule has 0 saturated carbocycles. The average molecular weight is 338 g/mol. The predicted molar refractivity (Wildman–Crippen MR) is 91.6 cm³/mol. The molecule has 126 valence electrons. The largest absolute Gasteiger partial charge is 0.505 e. The third-order valence-corrected chi connectivity index (χ3v) is 3.87. The van der Waals surface area contributed by atoms with Gasteiger partial charge in [-0.1, -0.05) is 18.2 Å². The molecular weight excluding hydrogens is 324 g/mol. The van der Waals surface area contributed by atoms with E-state index < -0.39 is 10.9 Å². The molecule has 2 aromatic carbocycles. The number of carbonyl (C=O) groups excluding carboxylic acids is 1. The summed E-state index contributed by atoms with van der Waals surface area (Å²) >= 11 is 0. The molecule has 7 nitrogen and oxygen atoms in total. The Morgan fingerprint density at radius 3 is 2.68 bits per heavy atom. The van der Waals surface area contributed by atoms with E-state index in [1.165, 1.54) is 25.3 Å². The second kappa shape index (κ2) is 6.20. The molecule has 0 saturated heterocycles. The summed E-state index contributed by atoms with van der Waals surface area (Å²) in [4.78, 5) is 26.9. The third-order valence-electron chi connectivity index (χ3n) is 3.87. The molecule has 1 aromatic heterocycles. The number of aromatic nitrogens is 1. The molecule has 0 aliphatic heterocycles. The monoisotopic (exact) mass is 338 g/mol. The highest BCUT2D eigenvalue weighted by Crippen LogP contribution is 2.37. The van der Waals surface area contributed by atoms with Gasteiger partial charge in [0.15, 0.2) is 5.75 Å². The molecule has 0 aliphatic rings. The maximum Gasteiger partial charge on any atom is 0.341 e. The molecule has 0 unspecified atom stereocenters.